The van der Waals surface area contributed by atoms with E-state index in [4.69, 9.17) is 4.74 Å². The molecule has 0 aromatic heterocycles. The van der Waals surface area contributed by atoms with Gasteiger partial charge in [0.15, 0.2) is 0 Å². The molecule has 0 bridgehead atoms. The summed E-state index contributed by atoms with van der Waals surface area (Å²) in [5.41, 5.74) is 1.67. The predicted molar refractivity (Wildman–Crippen MR) is 99.4 cm³/mol. The van der Waals surface area contributed by atoms with Crippen molar-refractivity contribution >= 4 is 11.8 Å². The van der Waals surface area contributed by atoms with Crippen LogP contribution in [-0.2, 0) is 20.7 Å². The number of hydrogen-bond acceptors (Lipinski definition) is 3. The highest BCUT2D eigenvalue weighted by Crippen LogP contribution is 2.27. The molecule has 1 aliphatic heterocycles. The van der Waals surface area contributed by atoms with Crippen LogP contribution in [0.1, 0.15) is 30.0 Å². The first-order valence-corrected chi connectivity index (χ1v) is 9.09. The zero-order valence-corrected chi connectivity index (χ0v) is 15.0. The minimum atomic E-state index is -0.369. The highest BCUT2D eigenvalue weighted by Gasteiger charge is 2.28. The summed E-state index contributed by atoms with van der Waals surface area (Å²) in [5, 5.41) is 5.55. The molecule has 2 atom stereocenters. The van der Waals surface area contributed by atoms with Crippen molar-refractivity contribution in [1.29, 1.82) is 0 Å². The Kier molecular flexibility index (Phi) is 6.54. The highest BCUT2D eigenvalue weighted by atomic mass is 19.1. The first-order chi connectivity index (χ1) is 13.1. The Bertz CT molecular complexity index is 759. The van der Waals surface area contributed by atoms with Crippen LogP contribution in [0.3, 0.4) is 0 Å². The molecule has 1 heterocycles. The third-order valence-corrected chi connectivity index (χ3v) is 4.54. The summed E-state index contributed by atoms with van der Waals surface area (Å²) in [6.45, 7) is 0.530. The summed E-state index contributed by atoms with van der Waals surface area (Å²) < 4.78 is 18.9. The zero-order valence-electron chi connectivity index (χ0n) is 15.0. The van der Waals surface area contributed by atoms with Crippen molar-refractivity contribution in [1.82, 2.24) is 10.6 Å². The van der Waals surface area contributed by atoms with E-state index in [1.165, 1.54) is 12.1 Å². The second-order valence-corrected chi connectivity index (χ2v) is 6.59. The van der Waals surface area contributed by atoms with Crippen LogP contribution in [0, 0.1) is 5.82 Å². The molecule has 0 unspecified atom stereocenters. The van der Waals surface area contributed by atoms with Crippen molar-refractivity contribution in [3.63, 3.8) is 0 Å². The van der Waals surface area contributed by atoms with Crippen molar-refractivity contribution in [3.05, 3.63) is 71.5 Å². The van der Waals surface area contributed by atoms with Crippen LogP contribution in [0.15, 0.2) is 54.6 Å². The Balaban J connectivity index is 1.55. The fraction of sp³-hybridized carbons (Fsp3) is 0.333. The lowest BCUT2D eigenvalue weighted by molar-refractivity contribution is -0.126. The lowest BCUT2D eigenvalue weighted by atomic mass is 9.99. The van der Waals surface area contributed by atoms with Gasteiger partial charge in [-0.1, -0.05) is 42.5 Å². The Morgan fingerprint density at radius 3 is 2.48 bits per heavy atom. The molecule has 0 aliphatic carbocycles. The Labute approximate surface area is 157 Å². The summed E-state index contributed by atoms with van der Waals surface area (Å²) in [5.74, 6) is -0.850. The molecular weight excluding hydrogens is 347 g/mol. The topological polar surface area (TPSA) is 67.4 Å². The van der Waals surface area contributed by atoms with Crippen molar-refractivity contribution in [2.45, 2.75) is 31.4 Å². The number of ether oxygens (including phenoxy) is 1. The second-order valence-electron chi connectivity index (χ2n) is 6.59. The molecule has 6 heteroatoms. The standard InChI is InChI=1S/C21H23FN2O3/c22-17-10-8-16(9-11-17)21(18-7-4-12-27-18)24-20(26)14-23-19(25)13-15-5-2-1-3-6-15/h1-3,5-6,8-11,18,21H,4,7,12-14H2,(H,23,25)(H,24,26)/t18-,21+/m1/s1. The van der Waals surface area contributed by atoms with Gasteiger partial charge in [0.2, 0.25) is 11.8 Å². The van der Waals surface area contributed by atoms with Crippen LogP contribution < -0.4 is 10.6 Å². The summed E-state index contributed by atoms with van der Waals surface area (Å²) in [6, 6.07) is 15.0. The van der Waals surface area contributed by atoms with Gasteiger partial charge >= 0.3 is 0 Å². The average Bonchev–Trinajstić information content (AvgIpc) is 3.21. The molecule has 2 aromatic rings. The van der Waals surface area contributed by atoms with E-state index in [-0.39, 0.29) is 42.7 Å². The van der Waals surface area contributed by atoms with Gasteiger partial charge in [0.1, 0.15) is 5.82 Å². The normalized spacial score (nSPS) is 17.3. The minimum Gasteiger partial charge on any atom is -0.376 e. The first-order valence-electron chi connectivity index (χ1n) is 9.09. The number of carbonyl (C=O) groups excluding carboxylic acids is 2. The summed E-state index contributed by atoms with van der Waals surface area (Å²) >= 11 is 0. The number of rotatable bonds is 7. The first kappa shape index (κ1) is 19.0. The third kappa shape index (κ3) is 5.62. The molecule has 27 heavy (non-hydrogen) atoms. The van der Waals surface area contributed by atoms with Gasteiger partial charge in [-0.05, 0) is 36.1 Å². The largest absolute Gasteiger partial charge is 0.376 e. The molecule has 1 saturated heterocycles. The smallest absolute Gasteiger partial charge is 0.239 e. The molecular formula is C21H23FN2O3. The molecule has 0 radical (unpaired) electrons. The van der Waals surface area contributed by atoms with Crippen LogP contribution in [0.5, 0.6) is 0 Å². The van der Waals surface area contributed by atoms with Crippen LogP contribution in [0.2, 0.25) is 0 Å². The van der Waals surface area contributed by atoms with Gasteiger partial charge in [0.25, 0.3) is 0 Å². The molecule has 142 valence electrons. The third-order valence-electron chi connectivity index (χ3n) is 4.54. The summed E-state index contributed by atoms with van der Waals surface area (Å²) in [4.78, 5) is 24.4. The Hall–Kier alpha value is -2.73. The van der Waals surface area contributed by atoms with E-state index in [2.05, 4.69) is 10.6 Å². The summed E-state index contributed by atoms with van der Waals surface area (Å²) in [6.07, 6.45) is 1.81. The molecule has 0 saturated carbocycles. The molecule has 3 rings (SSSR count). The van der Waals surface area contributed by atoms with Crippen LogP contribution in [-0.4, -0.2) is 31.1 Å². The van der Waals surface area contributed by atoms with Crippen LogP contribution >= 0.6 is 0 Å². The molecule has 1 fully saturated rings. The maximum Gasteiger partial charge on any atom is 0.239 e. The van der Waals surface area contributed by atoms with Crippen LogP contribution in [0.25, 0.3) is 0 Å². The summed E-state index contributed by atoms with van der Waals surface area (Å²) in [7, 11) is 0. The van der Waals surface area contributed by atoms with Gasteiger partial charge in [-0.15, -0.1) is 0 Å². The Morgan fingerprint density at radius 2 is 1.81 bits per heavy atom. The van der Waals surface area contributed by atoms with E-state index < -0.39 is 0 Å². The number of hydrogen-bond donors (Lipinski definition) is 2. The van der Waals surface area contributed by atoms with E-state index in [1.807, 2.05) is 30.3 Å². The van der Waals surface area contributed by atoms with Gasteiger partial charge in [-0.3, -0.25) is 9.59 Å². The number of halogens is 1. The Morgan fingerprint density at radius 1 is 1.07 bits per heavy atom. The molecule has 2 aromatic carbocycles. The highest BCUT2D eigenvalue weighted by molar-refractivity contribution is 5.85. The van der Waals surface area contributed by atoms with E-state index in [9.17, 15) is 14.0 Å². The number of carbonyl (C=O) groups is 2. The number of benzene rings is 2. The van der Waals surface area contributed by atoms with Crippen molar-refractivity contribution in [2.75, 3.05) is 13.2 Å². The van der Waals surface area contributed by atoms with Gasteiger partial charge in [-0.25, -0.2) is 4.39 Å². The number of amides is 2. The van der Waals surface area contributed by atoms with E-state index >= 15 is 0 Å². The van der Waals surface area contributed by atoms with Gasteiger partial charge in [0, 0.05) is 6.61 Å². The predicted octanol–water partition coefficient (Wildman–Crippen LogP) is 2.52. The fourth-order valence-electron chi connectivity index (χ4n) is 3.17. The molecule has 0 spiro atoms. The lowest BCUT2D eigenvalue weighted by Crippen LogP contribution is -2.42. The van der Waals surface area contributed by atoms with Crippen molar-refractivity contribution in [2.24, 2.45) is 0 Å². The average molecular weight is 370 g/mol. The maximum absolute atomic E-state index is 13.2. The van der Waals surface area contributed by atoms with Crippen molar-refractivity contribution < 1.29 is 18.7 Å². The van der Waals surface area contributed by atoms with Crippen LogP contribution in [0.4, 0.5) is 4.39 Å². The quantitative estimate of drug-likeness (QED) is 0.787. The van der Waals surface area contributed by atoms with Gasteiger partial charge in [-0.2, -0.15) is 0 Å². The zero-order chi connectivity index (χ0) is 19.1. The molecule has 5 nitrogen and oxygen atoms in total. The number of nitrogens with one attached hydrogen (secondary N) is 2. The molecule has 2 amide bonds. The monoisotopic (exact) mass is 370 g/mol. The minimum absolute atomic E-state index is 0.115. The fourth-order valence-corrected chi connectivity index (χ4v) is 3.17. The maximum atomic E-state index is 13.2. The van der Waals surface area contributed by atoms with Gasteiger partial charge < -0.3 is 15.4 Å². The lowest BCUT2D eigenvalue weighted by Gasteiger charge is -2.25. The SMILES string of the molecule is O=C(Cc1ccccc1)NCC(=O)N[C@@H](c1ccc(F)cc1)[C@H]1CCCO1. The second kappa shape index (κ2) is 9.28. The van der Waals surface area contributed by atoms with Gasteiger partial charge in [0.05, 0.1) is 25.1 Å². The molecule has 1 aliphatic rings. The van der Waals surface area contributed by atoms with E-state index in [0.717, 1.165) is 24.0 Å². The molecule has 2 N–H and O–H groups in total. The van der Waals surface area contributed by atoms with Crippen molar-refractivity contribution in [3.8, 4) is 0 Å². The van der Waals surface area contributed by atoms with E-state index in [0.29, 0.717) is 6.61 Å². The van der Waals surface area contributed by atoms with E-state index in [1.54, 1.807) is 12.1 Å².